The zero-order valence-electron chi connectivity index (χ0n) is 18.6. The zero-order valence-corrected chi connectivity index (χ0v) is 19.6. The summed E-state index contributed by atoms with van der Waals surface area (Å²) < 4.78 is 18.6. The molecule has 0 aliphatic carbocycles. The summed E-state index contributed by atoms with van der Waals surface area (Å²) in [5.41, 5.74) is 5.16. The summed E-state index contributed by atoms with van der Waals surface area (Å²) >= 11 is 0. The molecule has 0 aliphatic heterocycles. The van der Waals surface area contributed by atoms with Gasteiger partial charge in [0, 0.05) is 58.3 Å². The highest BCUT2D eigenvalue weighted by Gasteiger charge is 2.37. The summed E-state index contributed by atoms with van der Waals surface area (Å²) in [5.74, 6) is 0. The van der Waals surface area contributed by atoms with Crippen molar-refractivity contribution in [3.63, 3.8) is 0 Å². The smallest absolute Gasteiger partial charge is 0.377 e. The van der Waals surface area contributed by atoms with Crippen molar-refractivity contribution in [2.45, 2.75) is 25.9 Å². The molecule has 31 heavy (non-hydrogen) atoms. The van der Waals surface area contributed by atoms with Crippen LogP contribution >= 0.6 is 0 Å². The summed E-state index contributed by atoms with van der Waals surface area (Å²) in [5, 5.41) is 0. The van der Waals surface area contributed by atoms with Crippen molar-refractivity contribution in [1.82, 2.24) is 9.97 Å². The molecular formula is C24H30N3O3Si+. The molecule has 162 valence electrons. The van der Waals surface area contributed by atoms with Crippen LogP contribution in [0.5, 0.6) is 0 Å². The minimum atomic E-state index is -2.50. The van der Waals surface area contributed by atoms with Crippen LogP contribution in [0.4, 0.5) is 0 Å². The third-order valence-corrected chi connectivity index (χ3v) is 8.01. The molecular weight excluding hydrogens is 406 g/mol. The first-order chi connectivity index (χ1) is 15.1. The van der Waals surface area contributed by atoms with Crippen molar-refractivity contribution in [1.29, 1.82) is 0 Å². The van der Waals surface area contributed by atoms with Crippen LogP contribution in [0.25, 0.3) is 23.5 Å². The lowest BCUT2D eigenvalue weighted by atomic mass is 10.1. The molecule has 7 heteroatoms. The molecule has 0 saturated heterocycles. The summed E-state index contributed by atoms with van der Waals surface area (Å²) in [6, 6.07) is 13.1. The molecule has 3 aromatic rings. The van der Waals surface area contributed by atoms with Crippen molar-refractivity contribution in [2.75, 3.05) is 21.3 Å². The second-order valence-electron chi connectivity index (χ2n) is 7.29. The van der Waals surface area contributed by atoms with E-state index in [2.05, 4.69) is 64.2 Å². The lowest BCUT2D eigenvalue weighted by molar-refractivity contribution is -0.697. The minimum Gasteiger partial charge on any atom is -0.377 e. The molecule has 0 spiro atoms. The van der Waals surface area contributed by atoms with Crippen molar-refractivity contribution in [3.8, 4) is 11.4 Å². The largest absolute Gasteiger partial charge is 0.500 e. The molecule has 0 radical (unpaired) electrons. The number of pyridine rings is 3. The molecule has 6 nitrogen and oxygen atoms in total. The first kappa shape index (κ1) is 23.0. The molecule has 0 bridgehead atoms. The third kappa shape index (κ3) is 6.38. The van der Waals surface area contributed by atoms with Crippen LogP contribution in [-0.4, -0.2) is 40.1 Å². The molecule has 0 amide bonds. The first-order valence-corrected chi connectivity index (χ1v) is 12.2. The van der Waals surface area contributed by atoms with Gasteiger partial charge in [-0.05, 0) is 47.9 Å². The van der Waals surface area contributed by atoms with Crippen LogP contribution in [0.2, 0.25) is 6.04 Å². The van der Waals surface area contributed by atoms with Crippen LogP contribution in [0.3, 0.4) is 0 Å². The summed E-state index contributed by atoms with van der Waals surface area (Å²) in [6.07, 6.45) is 12.9. The van der Waals surface area contributed by atoms with E-state index in [1.807, 2.05) is 30.6 Å². The summed E-state index contributed by atoms with van der Waals surface area (Å²) in [4.78, 5) is 8.88. The van der Waals surface area contributed by atoms with Gasteiger partial charge in [-0.1, -0.05) is 12.2 Å². The van der Waals surface area contributed by atoms with Gasteiger partial charge >= 0.3 is 8.80 Å². The van der Waals surface area contributed by atoms with E-state index in [0.717, 1.165) is 41.5 Å². The zero-order chi connectivity index (χ0) is 22.1. The second kappa shape index (κ2) is 11.1. The third-order valence-electron chi connectivity index (χ3n) is 5.18. The monoisotopic (exact) mass is 436 g/mol. The molecule has 0 atom stereocenters. The fraction of sp³-hybridized carbons (Fsp3) is 0.292. The maximum Gasteiger partial charge on any atom is 0.500 e. The molecule has 0 N–H and O–H groups in total. The Labute approximate surface area is 185 Å². The predicted octanol–water partition coefficient (Wildman–Crippen LogP) is 4.18. The summed E-state index contributed by atoms with van der Waals surface area (Å²) in [6.45, 7) is 2.94. The van der Waals surface area contributed by atoms with Gasteiger partial charge in [0.05, 0.1) is 11.4 Å². The quantitative estimate of drug-likeness (QED) is 0.353. The topological polar surface area (TPSA) is 57.4 Å². The lowest BCUT2D eigenvalue weighted by Crippen LogP contribution is -2.44. The van der Waals surface area contributed by atoms with Gasteiger partial charge in [-0.2, -0.15) is 0 Å². The lowest BCUT2D eigenvalue weighted by Gasteiger charge is -2.23. The van der Waals surface area contributed by atoms with Gasteiger partial charge in [0.1, 0.15) is 6.54 Å². The van der Waals surface area contributed by atoms with Gasteiger partial charge < -0.3 is 13.3 Å². The molecule has 0 aliphatic rings. The standard InChI is InChI=1S/C24H30N3O3Si/c1-20-8-12-25-23(18-20)24-19-22(9-13-26-24)7-6-21-10-15-27(16-11-21)14-5-17-31(28-2,29-3)30-4/h6-13,15-16,18-19H,5,14,17H2,1-4H3/q+1/b7-6+. The average molecular weight is 437 g/mol. The van der Waals surface area contributed by atoms with E-state index in [1.165, 1.54) is 5.56 Å². The highest BCUT2D eigenvalue weighted by molar-refractivity contribution is 6.60. The van der Waals surface area contributed by atoms with Gasteiger partial charge in [-0.15, -0.1) is 0 Å². The minimum absolute atomic E-state index is 0.783. The highest BCUT2D eigenvalue weighted by Crippen LogP contribution is 2.18. The summed E-state index contributed by atoms with van der Waals surface area (Å²) in [7, 11) is 2.45. The van der Waals surface area contributed by atoms with Gasteiger partial charge in [0.2, 0.25) is 0 Å². The highest BCUT2D eigenvalue weighted by atomic mass is 28.4. The molecule has 3 rings (SSSR count). The van der Waals surface area contributed by atoms with E-state index in [9.17, 15) is 0 Å². The fourth-order valence-corrected chi connectivity index (χ4v) is 5.03. The van der Waals surface area contributed by atoms with E-state index in [-0.39, 0.29) is 0 Å². The Kier molecular flexibility index (Phi) is 8.19. The first-order valence-electron chi connectivity index (χ1n) is 10.3. The Bertz CT molecular complexity index is 997. The Morgan fingerprint density at radius 3 is 2.10 bits per heavy atom. The average Bonchev–Trinajstić information content (AvgIpc) is 2.82. The van der Waals surface area contributed by atoms with Crippen molar-refractivity contribution in [3.05, 3.63) is 77.9 Å². The fourth-order valence-electron chi connectivity index (χ4n) is 3.32. The SMILES string of the molecule is CO[Si](CCC[n+]1ccc(/C=C/c2ccnc(-c3cc(C)ccn3)c2)cc1)(OC)OC. The van der Waals surface area contributed by atoms with Crippen molar-refractivity contribution < 1.29 is 17.8 Å². The molecule has 0 saturated carbocycles. The number of hydrogen-bond acceptors (Lipinski definition) is 5. The predicted molar refractivity (Wildman–Crippen MR) is 124 cm³/mol. The number of aromatic nitrogens is 3. The molecule has 0 unspecified atom stereocenters. The van der Waals surface area contributed by atoms with E-state index in [1.54, 1.807) is 21.3 Å². The Morgan fingerprint density at radius 1 is 0.839 bits per heavy atom. The van der Waals surface area contributed by atoms with E-state index >= 15 is 0 Å². The number of hydrogen-bond donors (Lipinski definition) is 0. The van der Waals surface area contributed by atoms with Crippen LogP contribution in [-0.2, 0) is 19.8 Å². The van der Waals surface area contributed by atoms with Crippen LogP contribution in [0, 0.1) is 6.92 Å². The Hall–Kier alpha value is -2.71. The number of aryl methyl sites for hydroxylation is 2. The Balaban J connectivity index is 1.60. The van der Waals surface area contributed by atoms with Gasteiger partial charge in [-0.25, -0.2) is 4.57 Å². The van der Waals surface area contributed by atoms with Crippen LogP contribution in [0.1, 0.15) is 23.1 Å². The Morgan fingerprint density at radius 2 is 1.45 bits per heavy atom. The van der Waals surface area contributed by atoms with Gasteiger partial charge in [0.25, 0.3) is 0 Å². The van der Waals surface area contributed by atoms with E-state index in [4.69, 9.17) is 13.3 Å². The van der Waals surface area contributed by atoms with Gasteiger partial charge in [-0.3, -0.25) is 9.97 Å². The molecule has 0 aromatic carbocycles. The van der Waals surface area contributed by atoms with E-state index in [0.29, 0.717) is 0 Å². The normalized spacial score (nSPS) is 11.9. The molecule has 3 aromatic heterocycles. The van der Waals surface area contributed by atoms with Gasteiger partial charge in [0.15, 0.2) is 12.4 Å². The van der Waals surface area contributed by atoms with Crippen LogP contribution < -0.4 is 4.57 Å². The molecule has 0 fully saturated rings. The van der Waals surface area contributed by atoms with Crippen LogP contribution in [0.15, 0.2) is 61.2 Å². The van der Waals surface area contributed by atoms with E-state index < -0.39 is 8.80 Å². The maximum atomic E-state index is 5.48. The maximum absolute atomic E-state index is 5.48. The van der Waals surface area contributed by atoms with Crippen molar-refractivity contribution in [2.24, 2.45) is 0 Å². The second-order valence-corrected chi connectivity index (χ2v) is 10.4. The number of rotatable bonds is 10. The van der Waals surface area contributed by atoms with Crippen molar-refractivity contribution >= 4 is 21.0 Å². The molecule has 3 heterocycles. The number of nitrogens with zero attached hydrogens (tertiary/aromatic N) is 3.